The summed E-state index contributed by atoms with van der Waals surface area (Å²) in [5.74, 6) is -0.182. The van der Waals surface area contributed by atoms with Crippen LogP contribution in [0.3, 0.4) is 0 Å². The fourth-order valence-corrected chi connectivity index (χ4v) is 3.55. The summed E-state index contributed by atoms with van der Waals surface area (Å²) in [4.78, 5) is 37.7. The molecule has 1 amide bonds. The molecule has 1 fully saturated rings. The average molecular weight is 364 g/mol. The number of aromatic nitrogens is 3. The number of carbonyl (C=O) groups excluding carboxylic acids is 1. The van der Waals surface area contributed by atoms with Gasteiger partial charge in [-0.1, -0.05) is 18.2 Å². The number of hydrogen-bond donors (Lipinski definition) is 2. The molecule has 27 heavy (non-hydrogen) atoms. The maximum atomic E-state index is 12.8. The Morgan fingerprint density at radius 1 is 1.15 bits per heavy atom. The first-order chi connectivity index (χ1) is 13.1. The van der Waals surface area contributed by atoms with E-state index in [-0.39, 0.29) is 23.2 Å². The molecule has 0 unspecified atom stereocenters. The molecule has 3 aromatic rings. The predicted molar refractivity (Wildman–Crippen MR) is 100 cm³/mol. The molecule has 4 rings (SSSR count). The van der Waals surface area contributed by atoms with Gasteiger partial charge in [0.15, 0.2) is 5.82 Å². The number of piperidine rings is 1. The Morgan fingerprint density at radius 3 is 2.63 bits per heavy atom. The van der Waals surface area contributed by atoms with Gasteiger partial charge < -0.3 is 15.0 Å². The zero-order valence-electron chi connectivity index (χ0n) is 14.7. The second-order valence-corrected chi connectivity index (χ2v) is 6.76. The molecule has 0 bridgehead atoms. The van der Waals surface area contributed by atoms with Crippen LogP contribution in [0.15, 0.2) is 53.5 Å². The quantitative estimate of drug-likeness (QED) is 0.739. The van der Waals surface area contributed by atoms with Crippen LogP contribution in [0.25, 0.3) is 10.9 Å². The van der Waals surface area contributed by atoms with Crippen LogP contribution < -0.4 is 5.56 Å². The number of amides is 1. The smallest absolute Gasteiger partial charge is 0.289 e. The summed E-state index contributed by atoms with van der Waals surface area (Å²) >= 11 is 0. The number of carbonyl (C=O) groups is 1. The van der Waals surface area contributed by atoms with Gasteiger partial charge in [-0.3, -0.25) is 14.6 Å². The number of pyridine rings is 1. The second kappa shape index (κ2) is 7.28. The van der Waals surface area contributed by atoms with Crippen LogP contribution in [-0.4, -0.2) is 44.0 Å². The van der Waals surface area contributed by atoms with E-state index in [9.17, 15) is 14.7 Å². The van der Waals surface area contributed by atoms with E-state index >= 15 is 0 Å². The minimum Gasteiger partial charge on any atom is -0.387 e. The highest BCUT2D eigenvalue weighted by Crippen LogP contribution is 2.29. The minimum atomic E-state index is -0.637. The van der Waals surface area contributed by atoms with Gasteiger partial charge in [0, 0.05) is 19.3 Å². The van der Waals surface area contributed by atoms with E-state index in [0.29, 0.717) is 42.5 Å². The molecule has 3 heterocycles. The predicted octanol–water partition coefficient (Wildman–Crippen LogP) is 1.90. The molecule has 7 heteroatoms. The molecule has 0 saturated carbocycles. The SMILES string of the molecule is O=C(c1nc2ccccc2c(=O)[nH]1)N1CCC([C@H](O)c2ccccn2)CC1. The number of aromatic amines is 1. The number of nitrogens with zero attached hydrogens (tertiary/aromatic N) is 3. The van der Waals surface area contributed by atoms with Gasteiger partial charge in [-0.2, -0.15) is 0 Å². The highest BCUT2D eigenvalue weighted by atomic mass is 16.3. The number of hydrogen-bond acceptors (Lipinski definition) is 5. The lowest BCUT2D eigenvalue weighted by Crippen LogP contribution is -2.41. The van der Waals surface area contributed by atoms with Crippen LogP contribution in [0, 0.1) is 5.92 Å². The number of nitrogens with one attached hydrogen (secondary N) is 1. The Bertz CT molecular complexity index is 1010. The summed E-state index contributed by atoms with van der Waals surface area (Å²) in [6.45, 7) is 1.01. The number of likely N-dealkylation sites (tertiary alicyclic amines) is 1. The van der Waals surface area contributed by atoms with Gasteiger partial charge in [0.2, 0.25) is 0 Å². The first-order valence-corrected chi connectivity index (χ1v) is 9.01. The van der Waals surface area contributed by atoms with Crippen molar-refractivity contribution in [1.29, 1.82) is 0 Å². The monoisotopic (exact) mass is 364 g/mol. The van der Waals surface area contributed by atoms with Crippen LogP contribution in [0.1, 0.15) is 35.3 Å². The van der Waals surface area contributed by atoms with Gasteiger partial charge in [0.05, 0.1) is 22.7 Å². The van der Waals surface area contributed by atoms with Gasteiger partial charge in [-0.15, -0.1) is 0 Å². The molecule has 1 saturated heterocycles. The van der Waals surface area contributed by atoms with Gasteiger partial charge in [-0.05, 0) is 43.0 Å². The van der Waals surface area contributed by atoms with Gasteiger partial charge >= 0.3 is 0 Å². The molecular weight excluding hydrogens is 344 g/mol. The van der Waals surface area contributed by atoms with E-state index in [2.05, 4.69) is 15.0 Å². The molecule has 1 atom stereocenters. The third-order valence-corrected chi connectivity index (χ3v) is 5.08. The summed E-state index contributed by atoms with van der Waals surface area (Å²) in [6.07, 6.45) is 2.36. The first-order valence-electron chi connectivity index (χ1n) is 9.01. The normalized spacial score (nSPS) is 16.4. The Labute approximate surface area is 155 Å². The molecule has 138 valence electrons. The maximum absolute atomic E-state index is 12.8. The largest absolute Gasteiger partial charge is 0.387 e. The average Bonchev–Trinajstić information content (AvgIpc) is 2.73. The molecule has 1 aromatic carbocycles. The van der Waals surface area contributed by atoms with Crippen molar-refractivity contribution in [2.24, 2.45) is 5.92 Å². The Balaban J connectivity index is 1.47. The van der Waals surface area contributed by atoms with Crippen molar-refractivity contribution in [3.63, 3.8) is 0 Å². The Morgan fingerprint density at radius 2 is 1.89 bits per heavy atom. The lowest BCUT2D eigenvalue weighted by atomic mass is 9.89. The van der Waals surface area contributed by atoms with Gasteiger partial charge in [-0.25, -0.2) is 4.98 Å². The molecule has 0 radical (unpaired) electrons. The van der Waals surface area contributed by atoms with Crippen LogP contribution in [0.4, 0.5) is 0 Å². The topological polar surface area (TPSA) is 99.2 Å². The summed E-state index contributed by atoms with van der Waals surface area (Å²) in [7, 11) is 0. The van der Waals surface area contributed by atoms with Crippen molar-refractivity contribution >= 4 is 16.8 Å². The van der Waals surface area contributed by atoms with E-state index in [1.807, 2.05) is 18.2 Å². The van der Waals surface area contributed by atoms with Crippen molar-refractivity contribution in [2.75, 3.05) is 13.1 Å². The van der Waals surface area contributed by atoms with Crippen LogP contribution in [0.2, 0.25) is 0 Å². The summed E-state index contributed by atoms with van der Waals surface area (Å²) in [6, 6.07) is 12.4. The molecule has 0 aliphatic carbocycles. The van der Waals surface area contributed by atoms with Crippen molar-refractivity contribution in [3.8, 4) is 0 Å². The summed E-state index contributed by atoms with van der Waals surface area (Å²) in [5.41, 5.74) is 0.845. The van der Waals surface area contributed by atoms with E-state index in [1.54, 1.807) is 35.4 Å². The molecule has 1 aliphatic heterocycles. The van der Waals surface area contributed by atoms with E-state index in [0.717, 1.165) is 0 Å². The Hall–Kier alpha value is -3.06. The number of aliphatic hydroxyl groups is 1. The molecular formula is C20H20N4O3. The van der Waals surface area contributed by atoms with Crippen molar-refractivity contribution in [2.45, 2.75) is 18.9 Å². The minimum absolute atomic E-state index is 0.0487. The van der Waals surface area contributed by atoms with E-state index in [4.69, 9.17) is 0 Å². The number of fused-ring (bicyclic) bond motifs is 1. The van der Waals surface area contributed by atoms with Crippen molar-refractivity contribution < 1.29 is 9.90 Å². The van der Waals surface area contributed by atoms with E-state index in [1.165, 1.54) is 0 Å². The van der Waals surface area contributed by atoms with Crippen molar-refractivity contribution in [1.82, 2.24) is 19.9 Å². The molecule has 2 aromatic heterocycles. The van der Waals surface area contributed by atoms with Crippen molar-refractivity contribution in [3.05, 3.63) is 70.5 Å². The lowest BCUT2D eigenvalue weighted by Gasteiger charge is -2.33. The zero-order valence-corrected chi connectivity index (χ0v) is 14.7. The fourth-order valence-electron chi connectivity index (χ4n) is 3.55. The third kappa shape index (κ3) is 3.46. The molecule has 7 nitrogen and oxygen atoms in total. The molecule has 0 spiro atoms. The fraction of sp³-hybridized carbons (Fsp3) is 0.300. The highest BCUT2D eigenvalue weighted by molar-refractivity contribution is 5.92. The number of rotatable bonds is 3. The first kappa shape index (κ1) is 17.4. The lowest BCUT2D eigenvalue weighted by molar-refractivity contribution is 0.0440. The highest BCUT2D eigenvalue weighted by Gasteiger charge is 2.30. The van der Waals surface area contributed by atoms with Crippen LogP contribution in [0.5, 0.6) is 0 Å². The number of aliphatic hydroxyl groups excluding tert-OH is 1. The number of H-pyrrole nitrogens is 1. The number of para-hydroxylation sites is 1. The molecule has 1 aliphatic rings. The summed E-state index contributed by atoms with van der Waals surface area (Å²) < 4.78 is 0. The number of benzene rings is 1. The summed E-state index contributed by atoms with van der Waals surface area (Å²) in [5, 5.41) is 11.0. The standard InChI is InChI=1S/C20H20N4O3/c25-17(16-7-3-4-10-21-16)13-8-11-24(12-9-13)20(27)18-22-15-6-2-1-5-14(15)19(26)23-18/h1-7,10,13,17,25H,8-9,11-12H2,(H,22,23,26)/t17-/m0/s1. The van der Waals surface area contributed by atoms with Crippen LogP contribution >= 0.6 is 0 Å². The van der Waals surface area contributed by atoms with Gasteiger partial charge in [0.25, 0.3) is 11.5 Å². The third-order valence-electron chi connectivity index (χ3n) is 5.08. The zero-order chi connectivity index (χ0) is 18.8. The second-order valence-electron chi connectivity index (χ2n) is 6.76. The molecule has 2 N–H and O–H groups in total. The van der Waals surface area contributed by atoms with Gasteiger partial charge in [0.1, 0.15) is 0 Å². The Kier molecular flexibility index (Phi) is 4.68. The maximum Gasteiger partial charge on any atom is 0.289 e. The van der Waals surface area contributed by atoms with Crippen LogP contribution in [-0.2, 0) is 0 Å². The van der Waals surface area contributed by atoms with E-state index < -0.39 is 6.10 Å².